The Morgan fingerprint density at radius 2 is 1.92 bits per heavy atom. The van der Waals surface area contributed by atoms with Crippen LogP contribution in [0.4, 0.5) is 0 Å². The highest BCUT2D eigenvalue weighted by atomic mass is 35.5. The Kier molecular flexibility index (Phi) is 6.24. The van der Waals surface area contributed by atoms with Crippen molar-refractivity contribution >= 4 is 29.3 Å². The normalized spacial score (nSPS) is 16.7. The number of thioether (sulfide) groups is 1. The zero-order valence-corrected chi connectivity index (χ0v) is 17.1. The van der Waals surface area contributed by atoms with Gasteiger partial charge in [-0.15, -0.1) is 10.2 Å². The van der Waals surface area contributed by atoms with Crippen LogP contribution in [0.15, 0.2) is 29.4 Å². The molecule has 0 spiro atoms. The fourth-order valence-electron chi connectivity index (χ4n) is 3.17. The Hall–Kier alpha value is -1.53. The molecule has 2 heterocycles. The lowest BCUT2D eigenvalue weighted by molar-refractivity contribution is -0.131. The van der Waals surface area contributed by atoms with Gasteiger partial charge in [-0.3, -0.25) is 4.79 Å². The quantitative estimate of drug-likeness (QED) is 0.709. The maximum atomic E-state index is 12.8. The lowest BCUT2D eigenvalue weighted by Crippen LogP contribution is -2.41. The number of nitrogens with zero attached hydrogens (tertiary/aromatic N) is 4. The number of carbonyl (C=O) groups excluding carboxylic acids is 1. The predicted octanol–water partition coefficient (Wildman–Crippen LogP) is 4.36. The molecular weight excluding hydrogens is 368 g/mol. The average Bonchev–Trinajstić information content (AvgIpc) is 3.04. The molecule has 7 heteroatoms. The number of rotatable bonds is 5. The van der Waals surface area contributed by atoms with E-state index in [0.29, 0.717) is 10.9 Å². The first-order chi connectivity index (χ1) is 12.5. The first-order valence-electron chi connectivity index (χ1n) is 9.14. The number of likely N-dealkylation sites (tertiary alicyclic amines) is 1. The van der Waals surface area contributed by atoms with Gasteiger partial charge in [0.05, 0.1) is 5.25 Å². The largest absolute Gasteiger partial charge is 0.342 e. The van der Waals surface area contributed by atoms with Crippen LogP contribution in [0.3, 0.4) is 0 Å². The van der Waals surface area contributed by atoms with Crippen LogP contribution in [-0.2, 0) is 11.3 Å². The van der Waals surface area contributed by atoms with Crippen molar-refractivity contribution in [3.05, 3.63) is 29.3 Å². The predicted molar refractivity (Wildman–Crippen MR) is 106 cm³/mol. The highest BCUT2D eigenvalue weighted by Crippen LogP contribution is 2.29. The molecular formula is C19H25ClN4OS. The van der Waals surface area contributed by atoms with Crippen molar-refractivity contribution in [2.24, 2.45) is 5.92 Å². The van der Waals surface area contributed by atoms with Crippen LogP contribution in [-0.4, -0.2) is 43.9 Å². The van der Waals surface area contributed by atoms with Crippen molar-refractivity contribution in [1.29, 1.82) is 0 Å². The molecule has 1 saturated heterocycles. The van der Waals surface area contributed by atoms with E-state index in [0.717, 1.165) is 49.0 Å². The fraction of sp³-hybridized carbons (Fsp3) is 0.526. The Morgan fingerprint density at radius 1 is 1.27 bits per heavy atom. The monoisotopic (exact) mass is 392 g/mol. The van der Waals surface area contributed by atoms with Crippen molar-refractivity contribution in [2.45, 2.75) is 50.6 Å². The van der Waals surface area contributed by atoms with Crippen LogP contribution < -0.4 is 0 Å². The van der Waals surface area contributed by atoms with Gasteiger partial charge in [-0.1, -0.05) is 30.3 Å². The molecule has 1 aromatic carbocycles. The number of amides is 1. The number of halogens is 1. The SMILES string of the molecule is CCn1c(SC(C)C(=O)N2CCC(C)CC2)nnc1-c1ccc(Cl)cc1. The van der Waals surface area contributed by atoms with E-state index in [1.165, 1.54) is 11.8 Å². The van der Waals surface area contributed by atoms with Crippen molar-refractivity contribution < 1.29 is 4.79 Å². The fourth-order valence-corrected chi connectivity index (χ4v) is 4.29. The van der Waals surface area contributed by atoms with Crippen LogP contribution in [0.2, 0.25) is 5.02 Å². The van der Waals surface area contributed by atoms with Crippen molar-refractivity contribution in [2.75, 3.05) is 13.1 Å². The summed E-state index contributed by atoms with van der Waals surface area (Å²) < 4.78 is 2.05. The summed E-state index contributed by atoms with van der Waals surface area (Å²) in [5.74, 6) is 1.71. The molecule has 0 saturated carbocycles. The van der Waals surface area contributed by atoms with Crippen LogP contribution >= 0.6 is 23.4 Å². The summed E-state index contributed by atoms with van der Waals surface area (Å²) in [6.45, 7) is 8.74. The van der Waals surface area contributed by atoms with Gasteiger partial charge in [0, 0.05) is 30.2 Å². The summed E-state index contributed by atoms with van der Waals surface area (Å²) in [4.78, 5) is 14.7. The Balaban J connectivity index is 1.73. The van der Waals surface area contributed by atoms with Crippen LogP contribution in [0.1, 0.15) is 33.6 Å². The van der Waals surface area contributed by atoms with Gasteiger partial charge in [0.1, 0.15) is 0 Å². The standard InChI is InChI=1S/C19H25ClN4OS/c1-4-24-17(15-5-7-16(20)8-6-15)21-22-19(24)26-14(3)18(25)23-11-9-13(2)10-12-23/h5-8,13-14H,4,9-12H2,1-3H3. The number of benzene rings is 1. The average molecular weight is 393 g/mol. The molecule has 2 aromatic rings. The summed E-state index contributed by atoms with van der Waals surface area (Å²) in [5, 5.41) is 9.99. The van der Waals surface area contributed by atoms with E-state index in [9.17, 15) is 4.79 Å². The molecule has 26 heavy (non-hydrogen) atoms. The minimum Gasteiger partial charge on any atom is -0.342 e. The molecule has 1 fully saturated rings. The maximum absolute atomic E-state index is 12.8. The van der Waals surface area contributed by atoms with E-state index in [1.807, 2.05) is 36.1 Å². The van der Waals surface area contributed by atoms with E-state index in [-0.39, 0.29) is 11.2 Å². The first-order valence-corrected chi connectivity index (χ1v) is 10.4. The zero-order valence-electron chi connectivity index (χ0n) is 15.5. The van der Waals surface area contributed by atoms with Crippen molar-refractivity contribution in [3.63, 3.8) is 0 Å². The van der Waals surface area contributed by atoms with Gasteiger partial charge in [0.25, 0.3) is 0 Å². The Morgan fingerprint density at radius 3 is 2.54 bits per heavy atom. The molecule has 0 bridgehead atoms. The van der Waals surface area contributed by atoms with E-state index in [1.54, 1.807) is 0 Å². The molecule has 1 aliphatic rings. The number of piperidine rings is 1. The minimum atomic E-state index is -0.170. The number of aromatic nitrogens is 3. The minimum absolute atomic E-state index is 0.170. The van der Waals surface area contributed by atoms with Gasteiger partial charge in [0.15, 0.2) is 11.0 Å². The lowest BCUT2D eigenvalue weighted by atomic mass is 9.99. The molecule has 140 valence electrons. The molecule has 3 rings (SSSR count). The number of carbonyl (C=O) groups is 1. The van der Waals surface area contributed by atoms with Gasteiger partial charge >= 0.3 is 0 Å². The summed E-state index contributed by atoms with van der Waals surface area (Å²) in [7, 11) is 0. The lowest BCUT2D eigenvalue weighted by Gasteiger charge is -2.31. The van der Waals surface area contributed by atoms with E-state index >= 15 is 0 Å². The second kappa shape index (κ2) is 8.44. The second-order valence-electron chi connectivity index (χ2n) is 6.83. The third kappa shape index (κ3) is 4.23. The molecule has 5 nitrogen and oxygen atoms in total. The Bertz CT molecular complexity index is 753. The molecule has 1 aliphatic heterocycles. The summed E-state index contributed by atoms with van der Waals surface area (Å²) in [5.41, 5.74) is 0.972. The molecule has 0 radical (unpaired) electrons. The molecule has 1 atom stereocenters. The summed E-state index contributed by atoms with van der Waals surface area (Å²) in [6, 6.07) is 7.58. The van der Waals surface area contributed by atoms with Gasteiger partial charge in [-0.25, -0.2) is 0 Å². The van der Waals surface area contributed by atoms with Crippen molar-refractivity contribution in [1.82, 2.24) is 19.7 Å². The second-order valence-corrected chi connectivity index (χ2v) is 8.57. The van der Waals surface area contributed by atoms with Gasteiger partial charge in [0.2, 0.25) is 5.91 Å². The number of hydrogen-bond acceptors (Lipinski definition) is 4. The summed E-state index contributed by atoms with van der Waals surface area (Å²) in [6.07, 6.45) is 2.18. The maximum Gasteiger partial charge on any atom is 0.235 e. The van der Waals surface area contributed by atoms with E-state index in [2.05, 4.69) is 28.6 Å². The van der Waals surface area contributed by atoms with Crippen LogP contribution in [0.5, 0.6) is 0 Å². The number of hydrogen-bond donors (Lipinski definition) is 0. The molecule has 1 amide bonds. The summed E-state index contributed by atoms with van der Waals surface area (Å²) >= 11 is 7.46. The van der Waals surface area contributed by atoms with E-state index < -0.39 is 0 Å². The van der Waals surface area contributed by atoms with Crippen LogP contribution in [0.25, 0.3) is 11.4 Å². The topological polar surface area (TPSA) is 51.0 Å². The third-order valence-electron chi connectivity index (χ3n) is 4.86. The van der Waals surface area contributed by atoms with Gasteiger partial charge < -0.3 is 9.47 Å². The molecule has 1 unspecified atom stereocenters. The third-order valence-corrected chi connectivity index (χ3v) is 6.18. The Labute approximate surface area is 164 Å². The highest BCUT2D eigenvalue weighted by molar-refractivity contribution is 8.00. The molecule has 0 aliphatic carbocycles. The zero-order chi connectivity index (χ0) is 18.7. The highest BCUT2D eigenvalue weighted by Gasteiger charge is 2.26. The van der Waals surface area contributed by atoms with E-state index in [4.69, 9.17) is 11.6 Å². The van der Waals surface area contributed by atoms with Gasteiger partial charge in [-0.2, -0.15) is 0 Å². The smallest absolute Gasteiger partial charge is 0.235 e. The van der Waals surface area contributed by atoms with Gasteiger partial charge in [-0.05, 0) is 56.9 Å². The van der Waals surface area contributed by atoms with Crippen molar-refractivity contribution in [3.8, 4) is 11.4 Å². The molecule has 0 N–H and O–H groups in total. The van der Waals surface area contributed by atoms with Crippen LogP contribution in [0, 0.1) is 5.92 Å². The molecule has 1 aromatic heterocycles. The first kappa shape index (κ1) is 19.2.